The molecule has 0 fully saturated rings. The Balaban J connectivity index is 5.48. The number of carbonyl (C=O) groups excluding carboxylic acids is 1. The van der Waals surface area contributed by atoms with Gasteiger partial charge < -0.3 is 5.32 Å². The monoisotopic (exact) mass is 615 g/mol. The largest absolute Gasteiger partial charge is 0.431 e. The number of halogens is 13. The Hall–Kier alpha value is -1.18. The van der Waals surface area contributed by atoms with E-state index in [9.17, 15) is 70.3 Å². The van der Waals surface area contributed by atoms with E-state index in [1.165, 1.54) is 0 Å². The maximum atomic E-state index is 13.8. The zero-order valence-corrected chi connectivity index (χ0v) is 20.4. The Morgan fingerprint density at radius 3 is 1.62 bits per heavy atom. The topological polar surface area (TPSA) is 83.5 Å². The third kappa shape index (κ3) is 12.0. The summed E-state index contributed by atoms with van der Waals surface area (Å²) in [6, 6.07) is 0. The molecule has 1 amide bonds. The molecule has 0 aromatic carbocycles. The number of rotatable bonds is 12. The number of amides is 1. The molecule has 0 aliphatic heterocycles. The van der Waals surface area contributed by atoms with E-state index in [2.05, 4.69) is 5.32 Å². The van der Waals surface area contributed by atoms with Crippen LogP contribution in [0.15, 0.2) is 0 Å². The van der Waals surface area contributed by atoms with E-state index in [1.54, 1.807) is 0 Å². The lowest BCUT2D eigenvalue weighted by molar-refractivity contribution is -0.353. The maximum absolute atomic E-state index is 13.8. The Bertz CT molecular complexity index is 850. The molecule has 0 saturated carbocycles. The summed E-state index contributed by atoms with van der Waals surface area (Å²) < 4.78 is 200. The highest BCUT2D eigenvalue weighted by atomic mass is 32.2. The molecule has 0 saturated heterocycles. The second-order valence-electron chi connectivity index (χ2n) is 8.71. The van der Waals surface area contributed by atoms with Gasteiger partial charge in [0.25, 0.3) is 15.8 Å². The molecule has 0 rings (SSSR count). The highest BCUT2D eigenvalue weighted by Crippen LogP contribution is 2.53. The molecular formula is C17H22F13NO4S2. The van der Waals surface area contributed by atoms with Crippen molar-refractivity contribution in [1.29, 1.82) is 0 Å². The van der Waals surface area contributed by atoms with Crippen LogP contribution in [0.5, 0.6) is 0 Å². The second-order valence-corrected chi connectivity index (χ2v) is 11.3. The third-order valence-corrected chi connectivity index (χ3v) is 6.86. The van der Waals surface area contributed by atoms with Crippen LogP contribution in [0.3, 0.4) is 0 Å². The number of carbonyl (C=O) groups is 1. The number of alkyl halides is 13. The smallest absolute Gasteiger partial charge is 0.349 e. The predicted molar refractivity (Wildman–Crippen MR) is 105 cm³/mol. The third-order valence-electron chi connectivity index (χ3n) is 4.79. The first kappa shape index (κ1) is 35.8. The second kappa shape index (κ2) is 11.9. The van der Waals surface area contributed by atoms with Gasteiger partial charge in [0.05, 0.1) is 28.9 Å². The fourth-order valence-electron chi connectivity index (χ4n) is 3.12. The zero-order chi connectivity index (χ0) is 29.9. The Labute approximate surface area is 206 Å². The van der Waals surface area contributed by atoms with Gasteiger partial charge in [0.15, 0.2) is 0 Å². The van der Waals surface area contributed by atoms with Crippen molar-refractivity contribution in [2.24, 2.45) is 11.8 Å². The summed E-state index contributed by atoms with van der Waals surface area (Å²) in [6.45, 7) is 2.32. The standard InChI is InChI=1S/C17H22F13NO4S2/c1-12(2,8-37(33,34)35)31-11(32)7-36-4-3-9(14(19,20)21)5-10(15(22,23)24)6-13(18,16(25,26)27)17(28,29)30/h9-10H,3-8H2,1-2H3,(H,31,32)(H,33,34,35). The molecule has 0 radical (unpaired) electrons. The Morgan fingerprint density at radius 2 is 1.27 bits per heavy atom. The van der Waals surface area contributed by atoms with Crippen LogP contribution < -0.4 is 5.32 Å². The summed E-state index contributed by atoms with van der Waals surface area (Å²) in [5.41, 5.74) is -7.95. The van der Waals surface area contributed by atoms with Crippen molar-refractivity contribution in [3.05, 3.63) is 0 Å². The minimum Gasteiger partial charge on any atom is -0.349 e. The van der Waals surface area contributed by atoms with Crippen molar-refractivity contribution in [3.63, 3.8) is 0 Å². The van der Waals surface area contributed by atoms with E-state index in [4.69, 9.17) is 4.55 Å². The summed E-state index contributed by atoms with van der Waals surface area (Å²) in [5, 5.41) is 2.11. The molecular weight excluding hydrogens is 593 g/mol. The van der Waals surface area contributed by atoms with E-state index in [0.717, 1.165) is 13.8 Å². The summed E-state index contributed by atoms with van der Waals surface area (Å²) in [5.74, 6) is -10.4. The van der Waals surface area contributed by atoms with Crippen LogP contribution in [-0.2, 0) is 14.9 Å². The predicted octanol–water partition coefficient (Wildman–Crippen LogP) is 5.86. The SMILES string of the molecule is CC(C)(CS(=O)(=O)O)NC(=O)CSCCC(CC(CC(F)(C(F)(F)F)C(F)(F)F)C(F)(F)F)C(F)(F)F. The molecule has 2 N–H and O–H groups in total. The molecule has 0 spiro atoms. The van der Waals surface area contributed by atoms with E-state index in [1.807, 2.05) is 0 Å². The first-order valence-corrected chi connectivity index (χ1v) is 12.6. The summed E-state index contributed by atoms with van der Waals surface area (Å²) >= 11 is 0.381. The van der Waals surface area contributed by atoms with E-state index in [0.29, 0.717) is 11.8 Å². The van der Waals surface area contributed by atoms with Crippen LogP contribution in [0.25, 0.3) is 0 Å². The molecule has 0 aromatic rings. The molecule has 20 heteroatoms. The van der Waals surface area contributed by atoms with Gasteiger partial charge >= 0.3 is 24.7 Å². The number of hydrogen-bond acceptors (Lipinski definition) is 4. The van der Waals surface area contributed by atoms with Crippen LogP contribution in [0, 0.1) is 11.8 Å². The van der Waals surface area contributed by atoms with Gasteiger partial charge in [-0.2, -0.15) is 72.9 Å². The lowest BCUT2D eigenvalue weighted by Gasteiger charge is -2.35. The van der Waals surface area contributed by atoms with Gasteiger partial charge in [0.2, 0.25) is 5.91 Å². The average Bonchev–Trinajstić information content (AvgIpc) is 2.56. The van der Waals surface area contributed by atoms with Crippen LogP contribution in [0.2, 0.25) is 0 Å². The fraction of sp³-hybridized carbons (Fsp3) is 0.941. The Kier molecular flexibility index (Phi) is 11.5. The van der Waals surface area contributed by atoms with Crippen LogP contribution >= 0.6 is 11.8 Å². The average molecular weight is 615 g/mol. The van der Waals surface area contributed by atoms with Crippen LogP contribution in [-0.4, -0.2) is 72.0 Å². The molecule has 0 heterocycles. The summed E-state index contributed by atoms with van der Waals surface area (Å²) in [7, 11) is -4.54. The van der Waals surface area contributed by atoms with Gasteiger partial charge in [-0.15, -0.1) is 0 Å². The molecule has 0 aliphatic carbocycles. The molecule has 0 bridgehead atoms. The first-order valence-electron chi connectivity index (χ1n) is 9.81. The number of thioether (sulfide) groups is 1. The molecule has 0 aromatic heterocycles. The van der Waals surface area contributed by atoms with Crippen molar-refractivity contribution in [3.8, 4) is 0 Å². The number of nitrogens with one attached hydrogen (secondary N) is 1. The minimum absolute atomic E-state index is 0.381. The van der Waals surface area contributed by atoms with E-state index < -0.39 is 100 Å². The Morgan fingerprint density at radius 1 is 0.838 bits per heavy atom. The van der Waals surface area contributed by atoms with Crippen molar-refractivity contribution >= 4 is 27.8 Å². The normalized spacial score (nSPS) is 16.4. The summed E-state index contributed by atoms with van der Waals surface area (Å²) in [4.78, 5) is 11.8. The molecule has 5 nitrogen and oxygen atoms in total. The van der Waals surface area contributed by atoms with E-state index in [-0.39, 0.29) is 0 Å². The highest BCUT2D eigenvalue weighted by molar-refractivity contribution is 7.99. The van der Waals surface area contributed by atoms with Gasteiger partial charge in [-0.25, -0.2) is 4.39 Å². The van der Waals surface area contributed by atoms with Crippen molar-refractivity contribution in [2.45, 2.75) is 69.0 Å². The van der Waals surface area contributed by atoms with Gasteiger partial charge in [-0.1, -0.05) is 0 Å². The van der Waals surface area contributed by atoms with Gasteiger partial charge in [-0.3, -0.25) is 9.35 Å². The van der Waals surface area contributed by atoms with Crippen molar-refractivity contribution in [1.82, 2.24) is 5.32 Å². The zero-order valence-electron chi connectivity index (χ0n) is 18.8. The molecule has 2 atom stereocenters. The van der Waals surface area contributed by atoms with Crippen LogP contribution in [0.1, 0.15) is 33.1 Å². The van der Waals surface area contributed by atoms with Crippen molar-refractivity contribution in [2.75, 3.05) is 17.3 Å². The lowest BCUT2D eigenvalue weighted by Crippen LogP contribution is -2.55. The molecule has 0 aliphatic rings. The lowest BCUT2D eigenvalue weighted by atomic mass is 9.83. The van der Waals surface area contributed by atoms with Gasteiger partial charge in [-0.05, 0) is 32.4 Å². The van der Waals surface area contributed by atoms with E-state index >= 15 is 0 Å². The van der Waals surface area contributed by atoms with Gasteiger partial charge in [0.1, 0.15) is 0 Å². The van der Waals surface area contributed by atoms with Crippen LogP contribution in [0.4, 0.5) is 57.1 Å². The summed E-state index contributed by atoms with van der Waals surface area (Å²) in [6.07, 6.45) is -32.3. The minimum atomic E-state index is -6.89. The molecule has 222 valence electrons. The fourth-order valence-corrected chi connectivity index (χ4v) is 4.96. The number of hydrogen-bond donors (Lipinski definition) is 2. The highest BCUT2D eigenvalue weighted by Gasteiger charge is 2.74. The first-order chi connectivity index (χ1) is 16.0. The molecule has 2 unspecified atom stereocenters. The van der Waals surface area contributed by atoms with Crippen molar-refractivity contribution < 1.29 is 74.8 Å². The maximum Gasteiger partial charge on any atom is 0.431 e. The molecule has 37 heavy (non-hydrogen) atoms. The quantitative estimate of drug-likeness (QED) is 0.163. The van der Waals surface area contributed by atoms with Gasteiger partial charge in [0, 0.05) is 6.42 Å².